The summed E-state index contributed by atoms with van der Waals surface area (Å²) in [6.07, 6.45) is -1.07. The second-order valence-electron chi connectivity index (χ2n) is 8.50. The molecule has 0 spiro atoms. The van der Waals surface area contributed by atoms with Crippen molar-refractivity contribution in [3.8, 4) is 11.1 Å². The van der Waals surface area contributed by atoms with E-state index >= 15 is 0 Å². The van der Waals surface area contributed by atoms with Gasteiger partial charge in [0.25, 0.3) is 0 Å². The van der Waals surface area contributed by atoms with Crippen LogP contribution in [0.25, 0.3) is 11.1 Å². The molecule has 2 unspecified atom stereocenters. The highest BCUT2D eigenvalue weighted by Gasteiger charge is 2.29. The maximum Gasteiger partial charge on any atom is 0.407 e. The van der Waals surface area contributed by atoms with Gasteiger partial charge < -0.3 is 25.2 Å². The lowest BCUT2D eigenvalue weighted by molar-refractivity contribution is -0.140. The first-order valence-electron chi connectivity index (χ1n) is 11.6. The lowest BCUT2D eigenvalue weighted by atomic mass is 9.98. The second-order valence-corrected chi connectivity index (χ2v) is 8.50. The zero-order valence-electron chi connectivity index (χ0n) is 19.6. The van der Waals surface area contributed by atoms with Crippen molar-refractivity contribution in [1.82, 2.24) is 10.6 Å². The Hall–Kier alpha value is -3.39. The van der Waals surface area contributed by atoms with E-state index in [2.05, 4.69) is 34.9 Å². The summed E-state index contributed by atoms with van der Waals surface area (Å²) in [6.45, 7) is 4.64. The quantitative estimate of drug-likeness (QED) is 0.439. The molecule has 0 saturated heterocycles. The number of ether oxygens (including phenoxy) is 2. The normalized spacial score (nSPS) is 13.9. The van der Waals surface area contributed by atoms with Crippen LogP contribution >= 0.6 is 0 Å². The van der Waals surface area contributed by atoms with Gasteiger partial charge in [0, 0.05) is 32.0 Å². The molecule has 0 fully saturated rings. The summed E-state index contributed by atoms with van der Waals surface area (Å²) in [4.78, 5) is 35.3. The summed E-state index contributed by atoms with van der Waals surface area (Å²) in [6, 6.07) is 16.3. The number of aliphatic carboxylic acids is 1. The minimum absolute atomic E-state index is 0.00885. The molecule has 2 amide bonds. The number of benzene rings is 2. The SMILES string of the molecule is CCOC(CNC(=O)CC(C)CNC(=O)OCC1c2ccccc2-c2ccccc21)CC(=O)O. The van der Waals surface area contributed by atoms with Crippen molar-refractivity contribution in [1.29, 1.82) is 0 Å². The molecule has 0 heterocycles. The molecular weight excluding hydrogens is 436 g/mol. The molecule has 8 heteroatoms. The fourth-order valence-corrected chi connectivity index (χ4v) is 4.22. The Balaban J connectivity index is 1.41. The molecule has 0 aromatic heterocycles. The van der Waals surface area contributed by atoms with Crippen LogP contribution < -0.4 is 10.6 Å². The molecule has 3 rings (SSSR count). The van der Waals surface area contributed by atoms with Gasteiger partial charge in [-0.05, 0) is 35.1 Å². The number of carboxylic acids is 1. The number of hydrogen-bond donors (Lipinski definition) is 3. The van der Waals surface area contributed by atoms with E-state index in [1.165, 1.54) is 11.1 Å². The van der Waals surface area contributed by atoms with E-state index in [1.807, 2.05) is 31.2 Å². The average Bonchev–Trinajstić information content (AvgIpc) is 3.13. The van der Waals surface area contributed by atoms with Crippen molar-refractivity contribution in [2.75, 3.05) is 26.3 Å². The van der Waals surface area contributed by atoms with Crippen molar-refractivity contribution in [3.05, 3.63) is 59.7 Å². The maximum absolute atomic E-state index is 12.3. The van der Waals surface area contributed by atoms with Crippen molar-refractivity contribution in [2.24, 2.45) is 5.92 Å². The van der Waals surface area contributed by atoms with Crippen LogP contribution in [0.3, 0.4) is 0 Å². The second kappa shape index (κ2) is 12.2. The summed E-state index contributed by atoms with van der Waals surface area (Å²) >= 11 is 0. The molecule has 182 valence electrons. The fourth-order valence-electron chi connectivity index (χ4n) is 4.22. The molecule has 1 aliphatic rings. The van der Waals surface area contributed by atoms with Gasteiger partial charge in [0.15, 0.2) is 0 Å². The molecule has 2 atom stereocenters. The number of alkyl carbamates (subject to hydrolysis) is 1. The van der Waals surface area contributed by atoms with Crippen molar-refractivity contribution in [3.63, 3.8) is 0 Å². The lowest BCUT2D eigenvalue weighted by Crippen LogP contribution is -2.37. The van der Waals surface area contributed by atoms with E-state index in [1.54, 1.807) is 6.92 Å². The van der Waals surface area contributed by atoms with Crippen molar-refractivity contribution in [2.45, 2.75) is 38.7 Å². The Morgan fingerprint density at radius 2 is 1.56 bits per heavy atom. The van der Waals surface area contributed by atoms with Gasteiger partial charge in [0.1, 0.15) is 6.61 Å². The van der Waals surface area contributed by atoms with Gasteiger partial charge in [-0.2, -0.15) is 0 Å². The molecule has 3 N–H and O–H groups in total. The molecule has 0 radical (unpaired) electrons. The maximum atomic E-state index is 12.3. The Morgan fingerprint density at radius 3 is 2.15 bits per heavy atom. The molecule has 0 bridgehead atoms. The van der Waals surface area contributed by atoms with Crippen LogP contribution in [0.5, 0.6) is 0 Å². The third-order valence-corrected chi connectivity index (χ3v) is 5.80. The molecule has 1 aliphatic carbocycles. The number of fused-ring (bicyclic) bond motifs is 3. The van der Waals surface area contributed by atoms with Gasteiger partial charge in [0.2, 0.25) is 5.91 Å². The minimum atomic E-state index is -0.978. The van der Waals surface area contributed by atoms with E-state index in [0.717, 1.165) is 11.1 Å². The van der Waals surface area contributed by atoms with Crippen LogP contribution in [0.15, 0.2) is 48.5 Å². The smallest absolute Gasteiger partial charge is 0.407 e. The Labute approximate surface area is 199 Å². The zero-order chi connectivity index (χ0) is 24.5. The van der Waals surface area contributed by atoms with Crippen LogP contribution in [-0.4, -0.2) is 55.5 Å². The molecule has 2 aromatic carbocycles. The number of nitrogens with one attached hydrogen (secondary N) is 2. The van der Waals surface area contributed by atoms with Crippen LogP contribution in [-0.2, 0) is 19.1 Å². The number of carbonyl (C=O) groups excluding carboxylic acids is 2. The summed E-state index contributed by atoms with van der Waals surface area (Å²) in [5.41, 5.74) is 4.63. The molecule has 0 aliphatic heterocycles. The third kappa shape index (κ3) is 6.81. The van der Waals surface area contributed by atoms with Crippen LogP contribution in [0.1, 0.15) is 43.7 Å². The Bertz CT molecular complexity index is 963. The predicted octanol–water partition coefficient (Wildman–Crippen LogP) is 3.55. The first-order chi connectivity index (χ1) is 16.4. The number of carbonyl (C=O) groups is 3. The minimum Gasteiger partial charge on any atom is -0.481 e. The van der Waals surface area contributed by atoms with Gasteiger partial charge in [-0.25, -0.2) is 4.79 Å². The van der Waals surface area contributed by atoms with E-state index < -0.39 is 18.2 Å². The molecule has 2 aromatic rings. The van der Waals surface area contributed by atoms with Crippen LogP contribution in [0.4, 0.5) is 4.79 Å². The lowest BCUT2D eigenvalue weighted by Gasteiger charge is -2.18. The average molecular weight is 469 g/mol. The monoisotopic (exact) mass is 468 g/mol. The first-order valence-corrected chi connectivity index (χ1v) is 11.6. The molecule has 0 saturated carbocycles. The summed E-state index contributed by atoms with van der Waals surface area (Å²) in [5, 5.41) is 14.3. The van der Waals surface area contributed by atoms with Gasteiger partial charge in [-0.3, -0.25) is 9.59 Å². The summed E-state index contributed by atoms with van der Waals surface area (Å²) in [7, 11) is 0. The Morgan fingerprint density at radius 1 is 0.941 bits per heavy atom. The van der Waals surface area contributed by atoms with Gasteiger partial charge >= 0.3 is 12.1 Å². The highest BCUT2D eigenvalue weighted by Crippen LogP contribution is 2.44. The number of hydrogen-bond acceptors (Lipinski definition) is 5. The van der Waals surface area contributed by atoms with Crippen LogP contribution in [0, 0.1) is 5.92 Å². The largest absolute Gasteiger partial charge is 0.481 e. The zero-order valence-corrected chi connectivity index (χ0v) is 19.6. The standard InChI is InChI=1S/C26H32N2O6/c1-3-33-18(13-25(30)31)15-27-24(29)12-17(2)14-28-26(32)34-16-23-21-10-6-4-8-19(21)20-9-5-7-11-22(20)23/h4-11,17-18,23H,3,12-16H2,1-2H3,(H,27,29)(H,28,32)(H,30,31). The van der Waals surface area contributed by atoms with Gasteiger partial charge in [-0.15, -0.1) is 0 Å². The number of rotatable bonds is 12. The van der Waals surface area contributed by atoms with Crippen molar-refractivity contribution < 1.29 is 29.0 Å². The first kappa shape index (κ1) is 25.2. The summed E-state index contributed by atoms with van der Waals surface area (Å²) in [5.74, 6) is -1.33. The van der Waals surface area contributed by atoms with Gasteiger partial charge in [-0.1, -0.05) is 55.5 Å². The molecular formula is C26H32N2O6. The predicted molar refractivity (Wildman–Crippen MR) is 128 cm³/mol. The van der Waals surface area contributed by atoms with E-state index in [4.69, 9.17) is 14.6 Å². The number of carboxylic acid groups (broad SMARTS) is 1. The third-order valence-electron chi connectivity index (χ3n) is 5.80. The number of amides is 2. The van der Waals surface area contributed by atoms with E-state index in [0.29, 0.717) is 6.61 Å². The Kier molecular flexibility index (Phi) is 9.04. The highest BCUT2D eigenvalue weighted by molar-refractivity contribution is 5.79. The van der Waals surface area contributed by atoms with E-state index in [-0.39, 0.29) is 50.3 Å². The highest BCUT2D eigenvalue weighted by atomic mass is 16.5. The molecule has 8 nitrogen and oxygen atoms in total. The molecule has 34 heavy (non-hydrogen) atoms. The van der Waals surface area contributed by atoms with Gasteiger partial charge in [0.05, 0.1) is 12.5 Å². The summed E-state index contributed by atoms with van der Waals surface area (Å²) < 4.78 is 10.8. The fraction of sp³-hybridized carbons (Fsp3) is 0.423. The van der Waals surface area contributed by atoms with Crippen LogP contribution in [0.2, 0.25) is 0 Å². The topological polar surface area (TPSA) is 114 Å². The van der Waals surface area contributed by atoms with Crippen molar-refractivity contribution >= 4 is 18.0 Å². The van der Waals surface area contributed by atoms with E-state index in [9.17, 15) is 14.4 Å².